The van der Waals surface area contributed by atoms with E-state index < -0.39 is 0 Å². The molecule has 144 valence electrons. The molecular weight excluding hydrogens is 376 g/mol. The van der Waals surface area contributed by atoms with Gasteiger partial charge in [0.2, 0.25) is 17.6 Å². The van der Waals surface area contributed by atoms with Crippen molar-refractivity contribution in [1.82, 2.24) is 15.0 Å². The van der Waals surface area contributed by atoms with Crippen LogP contribution in [0.15, 0.2) is 59.1 Å². The summed E-state index contributed by atoms with van der Waals surface area (Å²) < 4.78 is 5.28. The molecule has 1 saturated heterocycles. The molecule has 2 N–H and O–H groups in total. The molecule has 28 heavy (non-hydrogen) atoms. The van der Waals surface area contributed by atoms with Crippen LogP contribution in [0.1, 0.15) is 23.8 Å². The summed E-state index contributed by atoms with van der Waals surface area (Å²) in [4.78, 5) is 18.8. The number of aromatic nitrogens is 2. The SMILES string of the molecule is N[C@@H]1CN(C(=O)CCc2nc(-c3ccc(Cl)cc3)no2)C[C@H]1c1ccccc1. The third-order valence-electron chi connectivity index (χ3n) is 5.07. The fraction of sp³-hybridized carbons (Fsp3) is 0.286. The van der Waals surface area contributed by atoms with E-state index in [1.165, 1.54) is 5.56 Å². The van der Waals surface area contributed by atoms with Gasteiger partial charge in [-0.1, -0.05) is 47.1 Å². The number of benzene rings is 2. The fourth-order valence-electron chi connectivity index (χ4n) is 3.53. The molecular formula is C21H21ClN4O2. The van der Waals surface area contributed by atoms with Crippen LogP contribution in [-0.2, 0) is 11.2 Å². The lowest BCUT2D eigenvalue weighted by atomic mass is 9.95. The molecule has 0 aliphatic carbocycles. The minimum absolute atomic E-state index is 0.0498. The number of likely N-dealkylation sites (tertiary alicyclic amines) is 1. The number of nitrogens with zero attached hydrogens (tertiary/aromatic N) is 3. The third-order valence-corrected chi connectivity index (χ3v) is 5.32. The highest BCUT2D eigenvalue weighted by molar-refractivity contribution is 6.30. The number of amides is 1. The van der Waals surface area contributed by atoms with Crippen LogP contribution in [-0.4, -0.2) is 40.1 Å². The first-order valence-electron chi connectivity index (χ1n) is 9.27. The lowest BCUT2D eigenvalue weighted by molar-refractivity contribution is -0.130. The molecule has 0 bridgehead atoms. The average molecular weight is 397 g/mol. The van der Waals surface area contributed by atoms with Gasteiger partial charge >= 0.3 is 0 Å². The number of rotatable bonds is 5. The Hall–Kier alpha value is -2.70. The Labute approximate surface area is 168 Å². The Balaban J connectivity index is 1.34. The first-order chi connectivity index (χ1) is 13.6. The van der Waals surface area contributed by atoms with Crippen LogP contribution < -0.4 is 5.73 Å². The zero-order chi connectivity index (χ0) is 19.5. The first kappa shape index (κ1) is 18.7. The summed E-state index contributed by atoms with van der Waals surface area (Å²) in [5, 5.41) is 4.63. The van der Waals surface area contributed by atoms with Crippen molar-refractivity contribution in [3.8, 4) is 11.4 Å². The van der Waals surface area contributed by atoms with E-state index in [-0.39, 0.29) is 17.9 Å². The van der Waals surface area contributed by atoms with Crippen LogP contribution in [0.3, 0.4) is 0 Å². The normalized spacial score (nSPS) is 19.1. The van der Waals surface area contributed by atoms with Gasteiger partial charge in [0.15, 0.2) is 0 Å². The van der Waals surface area contributed by atoms with Crippen LogP contribution in [0.5, 0.6) is 0 Å². The monoisotopic (exact) mass is 396 g/mol. The van der Waals surface area contributed by atoms with E-state index in [9.17, 15) is 4.79 Å². The number of nitrogens with two attached hydrogens (primary N) is 1. The van der Waals surface area contributed by atoms with Gasteiger partial charge < -0.3 is 15.2 Å². The lowest BCUT2D eigenvalue weighted by Gasteiger charge is -2.16. The maximum Gasteiger partial charge on any atom is 0.227 e. The van der Waals surface area contributed by atoms with Crippen LogP contribution >= 0.6 is 11.6 Å². The summed E-state index contributed by atoms with van der Waals surface area (Å²) >= 11 is 5.90. The van der Waals surface area contributed by atoms with Gasteiger partial charge in [0.25, 0.3) is 0 Å². The number of hydrogen-bond donors (Lipinski definition) is 1. The second-order valence-corrected chi connectivity index (χ2v) is 7.43. The molecule has 3 aromatic rings. The fourth-order valence-corrected chi connectivity index (χ4v) is 3.66. The van der Waals surface area contributed by atoms with Crippen molar-refractivity contribution >= 4 is 17.5 Å². The molecule has 4 rings (SSSR count). The number of carbonyl (C=O) groups excluding carboxylic acids is 1. The van der Waals surface area contributed by atoms with E-state index in [1.807, 2.05) is 35.2 Å². The molecule has 0 spiro atoms. The summed E-state index contributed by atoms with van der Waals surface area (Å²) in [6, 6.07) is 17.3. The minimum atomic E-state index is -0.0498. The van der Waals surface area contributed by atoms with Gasteiger partial charge in [-0.3, -0.25) is 4.79 Å². The molecule has 2 atom stereocenters. The second-order valence-electron chi connectivity index (χ2n) is 7.00. The predicted octanol–water partition coefficient (Wildman–Crippen LogP) is 3.28. The molecule has 0 saturated carbocycles. The van der Waals surface area contributed by atoms with E-state index in [0.717, 1.165) is 5.56 Å². The predicted molar refractivity (Wildman–Crippen MR) is 107 cm³/mol. The van der Waals surface area contributed by atoms with Gasteiger partial charge in [0, 0.05) is 48.5 Å². The standard InChI is InChI=1S/C21H21ClN4O2/c22-16-8-6-15(7-9-16)21-24-19(28-25-21)10-11-20(27)26-12-17(18(23)13-26)14-4-2-1-3-5-14/h1-9,17-18H,10-13,23H2/t17-,18+/m0/s1. The van der Waals surface area contributed by atoms with Crippen molar-refractivity contribution < 1.29 is 9.32 Å². The topological polar surface area (TPSA) is 85.2 Å². The quantitative estimate of drug-likeness (QED) is 0.715. The number of carbonyl (C=O) groups is 1. The molecule has 1 amide bonds. The minimum Gasteiger partial charge on any atom is -0.340 e. The van der Waals surface area contributed by atoms with Crippen LogP contribution in [0, 0.1) is 0 Å². The first-order valence-corrected chi connectivity index (χ1v) is 9.65. The lowest BCUT2D eigenvalue weighted by Crippen LogP contribution is -2.32. The number of aryl methyl sites for hydroxylation is 1. The van der Waals surface area contributed by atoms with Gasteiger partial charge in [0.05, 0.1) is 0 Å². The van der Waals surface area contributed by atoms with Gasteiger partial charge in [0.1, 0.15) is 0 Å². The molecule has 1 aromatic heterocycles. The maximum atomic E-state index is 12.6. The number of halogens is 1. The molecule has 2 aromatic carbocycles. The van der Waals surface area contributed by atoms with E-state index in [4.69, 9.17) is 21.9 Å². The highest BCUT2D eigenvalue weighted by Gasteiger charge is 2.33. The molecule has 1 fully saturated rings. The smallest absolute Gasteiger partial charge is 0.227 e. The van der Waals surface area contributed by atoms with Crippen molar-refractivity contribution in [2.45, 2.75) is 24.8 Å². The summed E-state index contributed by atoms with van der Waals surface area (Å²) in [6.45, 7) is 1.21. The van der Waals surface area contributed by atoms with E-state index in [1.54, 1.807) is 12.1 Å². The van der Waals surface area contributed by atoms with E-state index in [2.05, 4.69) is 22.3 Å². The van der Waals surface area contributed by atoms with Crippen LogP contribution in [0.2, 0.25) is 5.02 Å². The molecule has 0 radical (unpaired) electrons. The molecule has 1 aliphatic rings. The van der Waals surface area contributed by atoms with Gasteiger partial charge in [-0.15, -0.1) is 0 Å². The Morgan fingerprint density at radius 1 is 1.14 bits per heavy atom. The summed E-state index contributed by atoms with van der Waals surface area (Å²) in [5.74, 6) is 1.16. The Kier molecular flexibility index (Phi) is 5.41. The van der Waals surface area contributed by atoms with Crippen molar-refractivity contribution in [2.75, 3.05) is 13.1 Å². The largest absolute Gasteiger partial charge is 0.340 e. The van der Waals surface area contributed by atoms with Crippen LogP contribution in [0.4, 0.5) is 0 Å². The van der Waals surface area contributed by atoms with Gasteiger partial charge in [-0.25, -0.2) is 0 Å². The Morgan fingerprint density at radius 3 is 2.64 bits per heavy atom. The zero-order valence-electron chi connectivity index (χ0n) is 15.3. The van der Waals surface area contributed by atoms with Crippen LogP contribution in [0.25, 0.3) is 11.4 Å². The summed E-state index contributed by atoms with van der Waals surface area (Å²) in [5.41, 5.74) is 8.28. The number of hydrogen-bond acceptors (Lipinski definition) is 5. The molecule has 0 unspecified atom stereocenters. The second kappa shape index (κ2) is 8.12. The summed E-state index contributed by atoms with van der Waals surface area (Å²) in [6.07, 6.45) is 0.720. The van der Waals surface area contributed by atoms with Crippen molar-refractivity contribution in [3.05, 3.63) is 71.1 Å². The maximum absolute atomic E-state index is 12.6. The van der Waals surface area contributed by atoms with Crippen molar-refractivity contribution in [2.24, 2.45) is 5.73 Å². The van der Waals surface area contributed by atoms with E-state index >= 15 is 0 Å². The van der Waals surface area contributed by atoms with Crippen molar-refractivity contribution in [3.63, 3.8) is 0 Å². The van der Waals surface area contributed by atoms with Crippen molar-refractivity contribution in [1.29, 1.82) is 0 Å². The molecule has 2 heterocycles. The summed E-state index contributed by atoms with van der Waals surface area (Å²) in [7, 11) is 0. The highest BCUT2D eigenvalue weighted by Crippen LogP contribution is 2.27. The molecule has 7 heteroatoms. The molecule has 6 nitrogen and oxygen atoms in total. The van der Waals surface area contributed by atoms with Gasteiger partial charge in [-0.05, 0) is 29.8 Å². The zero-order valence-corrected chi connectivity index (χ0v) is 16.0. The van der Waals surface area contributed by atoms with E-state index in [0.29, 0.717) is 42.7 Å². The Morgan fingerprint density at radius 2 is 1.89 bits per heavy atom. The molecule has 1 aliphatic heterocycles. The highest BCUT2D eigenvalue weighted by atomic mass is 35.5. The third kappa shape index (κ3) is 4.08. The van der Waals surface area contributed by atoms with Gasteiger partial charge in [-0.2, -0.15) is 4.98 Å². The average Bonchev–Trinajstić information content (AvgIpc) is 3.34. The Bertz CT molecular complexity index is 943.